The zero-order valence-electron chi connectivity index (χ0n) is 15.1. The molecule has 0 aliphatic carbocycles. The number of phenols is 2. The molecule has 1 aliphatic rings. The highest BCUT2D eigenvalue weighted by Crippen LogP contribution is 2.39. The number of hydrogen-bond donors (Lipinski definition) is 3. The first kappa shape index (κ1) is 18.1. The Morgan fingerprint density at radius 3 is 2.62 bits per heavy atom. The van der Waals surface area contributed by atoms with Gasteiger partial charge in [0.2, 0.25) is 5.75 Å². The molecule has 0 spiro atoms. The number of aromatic hydroxyl groups is 2. The van der Waals surface area contributed by atoms with Gasteiger partial charge in [0.1, 0.15) is 0 Å². The Kier molecular flexibility index (Phi) is 5.38. The van der Waals surface area contributed by atoms with Crippen LogP contribution in [0, 0.1) is 0 Å². The van der Waals surface area contributed by atoms with E-state index in [1.54, 1.807) is 6.07 Å². The molecule has 0 radical (unpaired) electrons. The summed E-state index contributed by atoms with van der Waals surface area (Å²) in [6.07, 6.45) is 2.07. The Bertz CT molecular complexity index is 796. The van der Waals surface area contributed by atoms with Gasteiger partial charge in [-0.1, -0.05) is 30.8 Å². The van der Waals surface area contributed by atoms with Gasteiger partial charge in [-0.2, -0.15) is 0 Å². The SMILES string of the molecule is C=C(c1cc(O)c(O)c(OC)c1)N1CCC(c2cccc(CN)c2)CC1. The van der Waals surface area contributed by atoms with Gasteiger partial charge < -0.3 is 25.6 Å². The van der Waals surface area contributed by atoms with E-state index in [2.05, 4.69) is 35.7 Å². The van der Waals surface area contributed by atoms with E-state index in [4.69, 9.17) is 10.5 Å². The van der Waals surface area contributed by atoms with Crippen molar-refractivity contribution in [2.24, 2.45) is 5.73 Å². The smallest absolute Gasteiger partial charge is 0.200 e. The van der Waals surface area contributed by atoms with Crippen molar-refractivity contribution in [2.75, 3.05) is 20.2 Å². The van der Waals surface area contributed by atoms with Crippen LogP contribution in [0.5, 0.6) is 17.2 Å². The second-order valence-corrected chi connectivity index (χ2v) is 6.70. The number of phenolic OH excluding ortho intramolecular Hbond substituents is 2. The van der Waals surface area contributed by atoms with Crippen LogP contribution in [0.2, 0.25) is 0 Å². The van der Waals surface area contributed by atoms with Crippen molar-refractivity contribution in [1.82, 2.24) is 4.90 Å². The highest BCUT2D eigenvalue weighted by atomic mass is 16.5. The Hall–Kier alpha value is -2.66. The first-order chi connectivity index (χ1) is 12.5. The number of piperidine rings is 1. The summed E-state index contributed by atoms with van der Waals surface area (Å²) in [7, 11) is 1.46. The molecule has 1 fully saturated rings. The number of benzene rings is 2. The second kappa shape index (κ2) is 7.70. The minimum Gasteiger partial charge on any atom is -0.504 e. The van der Waals surface area contributed by atoms with Gasteiger partial charge in [0, 0.05) is 30.9 Å². The summed E-state index contributed by atoms with van der Waals surface area (Å²) in [5, 5.41) is 19.7. The highest BCUT2D eigenvalue weighted by Gasteiger charge is 2.23. The third kappa shape index (κ3) is 3.63. The summed E-state index contributed by atoms with van der Waals surface area (Å²) in [4.78, 5) is 2.22. The van der Waals surface area contributed by atoms with Gasteiger partial charge in [0.05, 0.1) is 7.11 Å². The van der Waals surface area contributed by atoms with Crippen LogP contribution in [0.1, 0.15) is 35.4 Å². The van der Waals surface area contributed by atoms with Crippen LogP contribution in [0.25, 0.3) is 5.70 Å². The Balaban J connectivity index is 1.70. The fourth-order valence-electron chi connectivity index (χ4n) is 3.55. The minimum absolute atomic E-state index is 0.200. The second-order valence-electron chi connectivity index (χ2n) is 6.70. The summed E-state index contributed by atoms with van der Waals surface area (Å²) >= 11 is 0. The molecular formula is C21H26N2O3. The Morgan fingerprint density at radius 1 is 1.23 bits per heavy atom. The average Bonchev–Trinajstić information content (AvgIpc) is 2.69. The molecule has 26 heavy (non-hydrogen) atoms. The maximum Gasteiger partial charge on any atom is 0.200 e. The lowest BCUT2D eigenvalue weighted by Crippen LogP contribution is -2.31. The van der Waals surface area contributed by atoms with Crippen molar-refractivity contribution in [1.29, 1.82) is 0 Å². The molecule has 2 aromatic carbocycles. The quantitative estimate of drug-likeness (QED) is 0.717. The van der Waals surface area contributed by atoms with Crippen LogP contribution in [0.3, 0.4) is 0 Å². The first-order valence-electron chi connectivity index (χ1n) is 8.86. The third-order valence-electron chi connectivity index (χ3n) is 5.14. The molecule has 4 N–H and O–H groups in total. The van der Waals surface area contributed by atoms with Crippen molar-refractivity contribution in [3.8, 4) is 17.2 Å². The van der Waals surface area contributed by atoms with Gasteiger partial charge in [-0.05, 0) is 42.0 Å². The molecule has 5 nitrogen and oxygen atoms in total. The molecule has 0 saturated carbocycles. The average molecular weight is 354 g/mol. The maximum absolute atomic E-state index is 9.90. The van der Waals surface area contributed by atoms with E-state index in [0.717, 1.165) is 37.2 Å². The summed E-state index contributed by atoms with van der Waals surface area (Å²) in [6.45, 7) is 6.52. The van der Waals surface area contributed by atoms with E-state index in [9.17, 15) is 10.2 Å². The Labute approximate surface area is 154 Å². The zero-order valence-corrected chi connectivity index (χ0v) is 15.1. The summed E-state index contributed by atoms with van der Waals surface area (Å²) in [6, 6.07) is 11.7. The molecular weight excluding hydrogens is 328 g/mol. The highest BCUT2D eigenvalue weighted by molar-refractivity contribution is 5.68. The first-order valence-corrected chi connectivity index (χ1v) is 8.86. The van der Waals surface area contributed by atoms with Crippen molar-refractivity contribution in [3.05, 3.63) is 59.7 Å². The molecule has 1 aliphatic heterocycles. The van der Waals surface area contributed by atoms with Gasteiger partial charge >= 0.3 is 0 Å². The van der Waals surface area contributed by atoms with E-state index >= 15 is 0 Å². The summed E-state index contributed by atoms with van der Waals surface area (Å²) in [5.41, 5.74) is 9.85. The summed E-state index contributed by atoms with van der Waals surface area (Å²) in [5.74, 6) is 0.319. The van der Waals surface area contributed by atoms with Crippen molar-refractivity contribution < 1.29 is 14.9 Å². The lowest BCUT2D eigenvalue weighted by molar-refractivity contribution is 0.298. The van der Waals surface area contributed by atoms with Crippen LogP contribution in [0.4, 0.5) is 0 Å². The Morgan fingerprint density at radius 2 is 1.96 bits per heavy atom. The molecule has 0 atom stereocenters. The van der Waals surface area contributed by atoms with E-state index in [1.165, 1.54) is 24.3 Å². The predicted octanol–water partition coefficient (Wildman–Crippen LogP) is 3.42. The topological polar surface area (TPSA) is 79.0 Å². The van der Waals surface area contributed by atoms with Gasteiger partial charge in [0.15, 0.2) is 11.5 Å². The lowest BCUT2D eigenvalue weighted by Gasteiger charge is -2.35. The molecule has 0 bridgehead atoms. The van der Waals surface area contributed by atoms with Crippen LogP contribution in [-0.4, -0.2) is 35.3 Å². The number of likely N-dealkylation sites (tertiary alicyclic amines) is 1. The molecule has 1 saturated heterocycles. The third-order valence-corrected chi connectivity index (χ3v) is 5.14. The fourth-order valence-corrected chi connectivity index (χ4v) is 3.55. The number of ether oxygens (including phenoxy) is 1. The molecule has 5 heteroatoms. The minimum atomic E-state index is -0.248. The predicted molar refractivity (Wildman–Crippen MR) is 103 cm³/mol. The molecule has 3 rings (SSSR count). The monoisotopic (exact) mass is 354 g/mol. The molecule has 0 aromatic heterocycles. The van der Waals surface area contributed by atoms with Crippen molar-refractivity contribution in [2.45, 2.75) is 25.3 Å². The van der Waals surface area contributed by atoms with Crippen LogP contribution >= 0.6 is 0 Å². The van der Waals surface area contributed by atoms with Crippen molar-refractivity contribution >= 4 is 5.70 Å². The van der Waals surface area contributed by atoms with Gasteiger partial charge in [-0.3, -0.25) is 0 Å². The zero-order chi connectivity index (χ0) is 18.7. The van der Waals surface area contributed by atoms with E-state index in [1.807, 2.05) is 0 Å². The molecule has 0 unspecified atom stereocenters. The number of rotatable bonds is 5. The van der Waals surface area contributed by atoms with Gasteiger partial charge in [-0.15, -0.1) is 0 Å². The van der Waals surface area contributed by atoms with Crippen LogP contribution < -0.4 is 10.5 Å². The van der Waals surface area contributed by atoms with E-state index in [0.29, 0.717) is 12.5 Å². The molecule has 1 heterocycles. The lowest BCUT2D eigenvalue weighted by atomic mass is 9.88. The van der Waals surface area contributed by atoms with Crippen molar-refractivity contribution in [3.63, 3.8) is 0 Å². The van der Waals surface area contributed by atoms with Gasteiger partial charge in [0.25, 0.3) is 0 Å². The van der Waals surface area contributed by atoms with E-state index < -0.39 is 0 Å². The standard InChI is InChI=1S/C21H26N2O3/c1-14(18-11-19(24)21(25)20(12-18)26-2)23-8-6-16(7-9-23)17-5-3-4-15(10-17)13-22/h3-5,10-12,16,24-25H,1,6-9,13,22H2,2H3. The molecule has 2 aromatic rings. The number of nitrogens with two attached hydrogens (primary N) is 1. The summed E-state index contributed by atoms with van der Waals surface area (Å²) < 4.78 is 5.12. The fraction of sp³-hybridized carbons (Fsp3) is 0.333. The van der Waals surface area contributed by atoms with Gasteiger partial charge in [-0.25, -0.2) is 0 Å². The molecule has 138 valence electrons. The largest absolute Gasteiger partial charge is 0.504 e. The number of hydrogen-bond acceptors (Lipinski definition) is 5. The normalized spacial score (nSPS) is 15.1. The molecule has 0 amide bonds. The number of methoxy groups -OCH3 is 1. The van der Waals surface area contributed by atoms with Crippen LogP contribution in [-0.2, 0) is 6.54 Å². The maximum atomic E-state index is 9.90. The van der Waals surface area contributed by atoms with Crippen LogP contribution in [0.15, 0.2) is 43.0 Å². The van der Waals surface area contributed by atoms with E-state index in [-0.39, 0.29) is 17.2 Å². The number of nitrogens with zero attached hydrogens (tertiary/aromatic N) is 1.